The Morgan fingerprint density at radius 3 is 2.65 bits per heavy atom. The molecule has 6 heteroatoms. The van der Waals surface area contributed by atoms with Crippen molar-refractivity contribution < 1.29 is 0 Å². The highest BCUT2D eigenvalue weighted by molar-refractivity contribution is 5.59. The minimum atomic E-state index is 0.537. The molecule has 1 aromatic rings. The van der Waals surface area contributed by atoms with Crippen molar-refractivity contribution in [1.82, 2.24) is 14.8 Å². The molecule has 0 bridgehead atoms. The predicted octanol–water partition coefficient (Wildman–Crippen LogP) is 0.219. The molecule has 0 atom stereocenters. The van der Waals surface area contributed by atoms with Crippen molar-refractivity contribution in [3.63, 3.8) is 0 Å². The number of rotatable bonds is 4. The van der Waals surface area contributed by atoms with Gasteiger partial charge in [0, 0.05) is 39.3 Å². The van der Waals surface area contributed by atoms with Crippen LogP contribution in [0.3, 0.4) is 0 Å². The second-order valence-electron chi connectivity index (χ2n) is 5.38. The maximum absolute atomic E-state index is 9.18. The second-order valence-corrected chi connectivity index (χ2v) is 5.38. The topological polar surface area (TPSA) is 72.4 Å². The van der Waals surface area contributed by atoms with Gasteiger partial charge in [0.25, 0.3) is 0 Å². The van der Waals surface area contributed by atoms with Gasteiger partial charge in [-0.05, 0) is 20.2 Å². The van der Waals surface area contributed by atoms with Crippen molar-refractivity contribution in [3.05, 3.63) is 17.8 Å². The fraction of sp³-hybridized carbons (Fsp3) is 0.571. The second kappa shape index (κ2) is 6.55. The fourth-order valence-corrected chi connectivity index (χ4v) is 2.33. The summed E-state index contributed by atoms with van der Waals surface area (Å²) in [6.07, 6.45) is 1.62. The highest BCUT2D eigenvalue weighted by Crippen LogP contribution is 2.20. The first-order chi connectivity index (χ1) is 9.60. The maximum Gasteiger partial charge on any atom is 0.146 e. The van der Waals surface area contributed by atoms with Crippen LogP contribution in [-0.2, 0) is 0 Å². The van der Waals surface area contributed by atoms with E-state index < -0.39 is 0 Å². The Kier molecular flexibility index (Phi) is 4.77. The molecule has 1 aromatic heterocycles. The summed E-state index contributed by atoms with van der Waals surface area (Å²) in [6.45, 7) is 5.97. The maximum atomic E-state index is 9.18. The van der Waals surface area contributed by atoms with Crippen molar-refractivity contribution in [2.75, 3.05) is 64.0 Å². The Morgan fingerprint density at radius 2 is 2.05 bits per heavy atom. The molecule has 0 aromatic carbocycles. The third-order valence-corrected chi connectivity index (χ3v) is 3.54. The number of hydrogen-bond acceptors (Lipinski definition) is 6. The van der Waals surface area contributed by atoms with Crippen LogP contribution in [0.25, 0.3) is 0 Å². The highest BCUT2D eigenvalue weighted by atomic mass is 15.3. The summed E-state index contributed by atoms with van der Waals surface area (Å²) in [5.41, 5.74) is 6.78. The van der Waals surface area contributed by atoms with Gasteiger partial charge in [0.15, 0.2) is 0 Å². The van der Waals surface area contributed by atoms with E-state index in [4.69, 9.17) is 5.73 Å². The van der Waals surface area contributed by atoms with Crippen molar-refractivity contribution in [3.8, 4) is 6.07 Å². The van der Waals surface area contributed by atoms with Crippen LogP contribution in [0.15, 0.2) is 12.3 Å². The lowest BCUT2D eigenvalue weighted by Gasteiger charge is -2.36. The van der Waals surface area contributed by atoms with E-state index in [9.17, 15) is 5.26 Å². The third-order valence-electron chi connectivity index (χ3n) is 3.54. The lowest BCUT2D eigenvalue weighted by Crippen LogP contribution is -2.48. The molecule has 108 valence electrons. The van der Waals surface area contributed by atoms with Gasteiger partial charge in [0.1, 0.15) is 11.9 Å². The Bertz CT molecular complexity index is 485. The molecule has 0 saturated carbocycles. The van der Waals surface area contributed by atoms with E-state index in [1.165, 1.54) is 0 Å². The molecule has 0 radical (unpaired) electrons. The standard InChI is InChI=1S/C14H22N6/c1-18(2)3-4-19-5-7-20(8-6-19)14-12(10-15)9-13(16)11-17-14/h9,11H,3-8,16H2,1-2H3. The molecule has 0 aliphatic carbocycles. The molecule has 1 aliphatic heterocycles. The quantitative estimate of drug-likeness (QED) is 0.847. The number of hydrogen-bond donors (Lipinski definition) is 1. The number of nitriles is 1. The number of nitrogens with zero attached hydrogens (tertiary/aromatic N) is 5. The molecule has 2 heterocycles. The van der Waals surface area contributed by atoms with Crippen LogP contribution in [0, 0.1) is 11.3 Å². The molecule has 6 nitrogen and oxygen atoms in total. The molecule has 2 N–H and O–H groups in total. The Balaban J connectivity index is 1.96. The zero-order valence-electron chi connectivity index (χ0n) is 12.2. The zero-order chi connectivity index (χ0) is 14.5. The van der Waals surface area contributed by atoms with E-state index in [0.29, 0.717) is 11.3 Å². The van der Waals surface area contributed by atoms with Crippen molar-refractivity contribution in [2.45, 2.75) is 0 Å². The van der Waals surface area contributed by atoms with E-state index in [0.717, 1.165) is 45.1 Å². The van der Waals surface area contributed by atoms with E-state index in [-0.39, 0.29) is 0 Å². The number of piperazine rings is 1. The summed E-state index contributed by atoms with van der Waals surface area (Å²) in [6, 6.07) is 3.88. The largest absolute Gasteiger partial charge is 0.397 e. The van der Waals surface area contributed by atoms with Crippen molar-refractivity contribution in [1.29, 1.82) is 5.26 Å². The van der Waals surface area contributed by atoms with Crippen LogP contribution in [0.1, 0.15) is 5.56 Å². The Labute approximate surface area is 120 Å². The van der Waals surface area contributed by atoms with Crippen LogP contribution >= 0.6 is 0 Å². The first-order valence-electron chi connectivity index (χ1n) is 6.88. The molecule has 1 fully saturated rings. The summed E-state index contributed by atoms with van der Waals surface area (Å²) < 4.78 is 0. The van der Waals surface area contributed by atoms with Gasteiger partial charge in [-0.2, -0.15) is 5.26 Å². The summed E-state index contributed by atoms with van der Waals surface area (Å²) in [7, 11) is 4.18. The van der Waals surface area contributed by atoms with E-state index in [2.05, 4.69) is 39.8 Å². The van der Waals surface area contributed by atoms with E-state index in [1.54, 1.807) is 12.3 Å². The van der Waals surface area contributed by atoms with Gasteiger partial charge in [-0.3, -0.25) is 4.90 Å². The third kappa shape index (κ3) is 3.59. The van der Waals surface area contributed by atoms with Crippen LogP contribution in [0.5, 0.6) is 0 Å². The minimum Gasteiger partial charge on any atom is -0.397 e. The first kappa shape index (κ1) is 14.6. The molecule has 1 aliphatic rings. The molecule has 20 heavy (non-hydrogen) atoms. The highest BCUT2D eigenvalue weighted by Gasteiger charge is 2.20. The van der Waals surface area contributed by atoms with Gasteiger partial charge in [0.2, 0.25) is 0 Å². The van der Waals surface area contributed by atoms with Gasteiger partial charge in [0.05, 0.1) is 17.4 Å². The summed E-state index contributed by atoms with van der Waals surface area (Å²) >= 11 is 0. The number of likely N-dealkylation sites (N-methyl/N-ethyl adjacent to an activating group) is 1. The van der Waals surface area contributed by atoms with Gasteiger partial charge in [-0.1, -0.05) is 0 Å². The lowest BCUT2D eigenvalue weighted by atomic mass is 10.2. The Hall–Kier alpha value is -1.84. The zero-order valence-corrected chi connectivity index (χ0v) is 12.2. The molecular weight excluding hydrogens is 252 g/mol. The van der Waals surface area contributed by atoms with Crippen LogP contribution in [0.2, 0.25) is 0 Å². The van der Waals surface area contributed by atoms with Crippen molar-refractivity contribution in [2.24, 2.45) is 0 Å². The summed E-state index contributed by atoms with van der Waals surface area (Å²) in [4.78, 5) is 11.1. The predicted molar refractivity (Wildman–Crippen MR) is 80.6 cm³/mol. The summed E-state index contributed by atoms with van der Waals surface area (Å²) in [5, 5.41) is 9.18. The number of pyridine rings is 1. The van der Waals surface area contributed by atoms with Gasteiger partial charge in [-0.25, -0.2) is 4.98 Å². The number of nitrogens with two attached hydrogens (primary N) is 1. The molecular formula is C14H22N6. The van der Waals surface area contributed by atoms with E-state index >= 15 is 0 Å². The van der Waals surface area contributed by atoms with Gasteiger partial charge in [-0.15, -0.1) is 0 Å². The monoisotopic (exact) mass is 274 g/mol. The first-order valence-corrected chi connectivity index (χ1v) is 6.88. The number of nitrogen functional groups attached to an aromatic ring is 1. The smallest absolute Gasteiger partial charge is 0.146 e. The fourth-order valence-electron chi connectivity index (χ4n) is 2.33. The average molecular weight is 274 g/mol. The summed E-state index contributed by atoms with van der Waals surface area (Å²) in [5.74, 6) is 0.758. The molecule has 0 unspecified atom stereocenters. The number of anilines is 2. The van der Waals surface area contributed by atoms with Crippen LogP contribution < -0.4 is 10.6 Å². The van der Waals surface area contributed by atoms with E-state index in [1.807, 2.05) is 0 Å². The van der Waals surface area contributed by atoms with Crippen LogP contribution in [-0.4, -0.2) is 68.1 Å². The van der Waals surface area contributed by atoms with Crippen molar-refractivity contribution >= 4 is 11.5 Å². The number of aromatic nitrogens is 1. The lowest BCUT2D eigenvalue weighted by molar-refractivity contribution is 0.229. The minimum absolute atomic E-state index is 0.537. The molecule has 0 amide bonds. The average Bonchev–Trinajstić information content (AvgIpc) is 2.45. The van der Waals surface area contributed by atoms with Crippen LogP contribution in [0.4, 0.5) is 11.5 Å². The SMILES string of the molecule is CN(C)CCN1CCN(c2ncc(N)cc2C#N)CC1. The molecule has 2 rings (SSSR count). The normalized spacial score (nSPS) is 16.4. The molecule has 1 saturated heterocycles. The molecule has 0 spiro atoms. The van der Waals surface area contributed by atoms with Gasteiger partial charge < -0.3 is 15.5 Å². The Morgan fingerprint density at radius 1 is 1.35 bits per heavy atom. The van der Waals surface area contributed by atoms with Gasteiger partial charge >= 0.3 is 0 Å².